The van der Waals surface area contributed by atoms with Gasteiger partial charge >= 0.3 is 6.09 Å². The summed E-state index contributed by atoms with van der Waals surface area (Å²) in [5.74, 6) is 0.638. The minimum atomic E-state index is -0.645. The zero-order valence-electron chi connectivity index (χ0n) is 23.6. The van der Waals surface area contributed by atoms with Gasteiger partial charge in [-0.15, -0.1) is 0 Å². The first-order valence-electron chi connectivity index (χ1n) is 12.7. The van der Waals surface area contributed by atoms with E-state index in [0.717, 1.165) is 6.29 Å². The van der Waals surface area contributed by atoms with Gasteiger partial charge in [-0.3, -0.25) is 9.78 Å². The number of hydrogen-bond acceptors (Lipinski definition) is 7. The summed E-state index contributed by atoms with van der Waals surface area (Å²) < 4.78 is 16.1. The highest BCUT2D eigenvalue weighted by Gasteiger charge is 2.21. The van der Waals surface area contributed by atoms with Gasteiger partial charge in [-0.2, -0.15) is 0 Å². The smallest absolute Gasteiger partial charge is 0.407 e. The Morgan fingerprint density at radius 1 is 0.952 bits per heavy atom. The molecule has 0 fully saturated rings. The van der Waals surface area contributed by atoms with Crippen LogP contribution in [0, 0.1) is 0 Å². The number of aromatic nitrogens is 2. The number of rotatable bonds is 8. The lowest BCUT2D eigenvalue weighted by molar-refractivity contribution is 0.0523. The van der Waals surface area contributed by atoms with Crippen LogP contribution in [0.3, 0.4) is 0 Å². The molecule has 42 heavy (non-hydrogen) atoms. The van der Waals surface area contributed by atoms with Gasteiger partial charge in [0.15, 0.2) is 6.29 Å². The van der Waals surface area contributed by atoms with Gasteiger partial charge < -0.3 is 19.5 Å². The van der Waals surface area contributed by atoms with E-state index >= 15 is 0 Å². The Kier molecular flexibility index (Phi) is 9.61. The van der Waals surface area contributed by atoms with E-state index in [1.54, 1.807) is 57.3 Å². The highest BCUT2D eigenvalue weighted by molar-refractivity contribution is 6.39. The van der Waals surface area contributed by atoms with Crippen molar-refractivity contribution in [2.45, 2.75) is 32.9 Å². The molecule has 0 saturated carbocycles. The number of nitrogens with one attached hydrogen (secondary N) is 1. The molecule has 0 bridgehead atoms. The van der Waals surface area contributed by atoms with Crippen LogP contribution < -0.4 is 14.8 Å². The number of aldehydes is 1. The Hall–Kier alpha value is -3.85. The maximum Gasteiger partial charge on any atom is 0.407 e. The van der Waals surface area contributed by atoms with Crippen LogP contribution in [0.25, 0.3) is 33.6 Å². The molecule has 0 saturated heterocycles. The standard InChI is InChI=1S/C31H28Cl3N3O5/c1-31(2,3)42-30(39)36-15-22-23(32)14-24(37-29(22)41-5)21-8-6-7-19(26(21)33)20-11-12-35-28(27(20)34)17-9-10-18(16-38)25(13-17)40-4/h6-14,16H,15H2,1-5H3,(H,36,39). The van der Waals surface area contributed by atoms with Crippen LogP contribution in [-0.2, 0) is 11.3 Å². The first-order valence-corrected chi connectivity index (χ1v) is 13.9. The Morgan fingerprint density at radius 3 is 2.33 bits per heavy atom. The van der Waals surface area contributed by atoms with E-state index < -0.39 is 11.7 Å². The van der Waals surface area contributed by atoms with Crippen molar-refractivity contribution in [3.8, 4) is 45.3 Å². The summed E-state index contributed by atoms with van der Waals surface area (Å²) in [6.45, 7) is 5.37. The second-order valence-corrected chi connectivity index (χ2v) is 11.3. The number of methoxy groups -OCH3 is 2. The Morgan fingerprint density at radius 2 is 1.67 bits per heavy atom. The van der Waals surface area contributed by atoms with Crippen LogP contribution in [0.1, 0.15) is 36.7 Å². The van der Waals surface area contributed by atoms with Crippen LogP contribution >= 0.6 is 34.8 Å². The highest BCUT2D eigenvalue weighted by atomic mass is 35.5. The number of halogens is 3. The second-order valence-electron chi connectivity index (χ2n) is 10.1. The van der Waals surface area contributed by atoms with Crippen molar-refractivity contribution >= 4 is 47.2 Å². The molecule has 2 aromatic carbocycles. The van der Waals surface area contributed by atoms with Crippen molar-refractivity contribution in [3.05, 3.63) is 80.9 Å². The summed E-state index contributed by atoms with van der Waals surface area (Å²) in [6, 6.07) is 14.0. The molecule has 2 aromatic heterocycles. The van der Waals surface area contributed by atoms with E-state index in [0.29, 0.717) is 65.6 Å². The minimum absolute atomic E-state index is 0.0476. The van der Waals surface area contributed by atoms with E-state index in [9.17, 15) is 9.59 Å². The lowest BCUT2D eigenvalue weighted by Crippen LogP contribution is -2.32. The molecule has 2 heterocycles. The lowest BCUT2D eigenvalue weighted by atomic mass is 9.99. The molecule has 11 heteroatoms. The number of ether oxygens (including phenoxy) is 3. The molecule has 0 radical (unpaired) electrons. The lowest BCUT2D eigenvalue weighted by Gasteiger charge is -2.20. The minimum Gasteiger partial charge on any atom is -0.496 e. The average Bonchev–Trinajstić information content (AvgIpc) is 2.95. The fourth-order valence-electron chi connectivity index (χ4n) is 4.21. The molecular formula is C31H28Cl3N3O5. The Balaban J connectivity index is 1.71. The van der Waals surface area contributed by atoms with E-state index in [1.807, 2.05) is 18.2 Å². The maximum atomic E-state index is 12.2. The largest absolute Gasteiger partial charge is 0.496 e. The van der Waals surface area contributed by atoms with Gasteiger partial charge in [0.1, 0.15) is 11.4 Å². The van der Waals surface area contributed by atoms with Gasteiger partial charge in [-0.25, -0.2) is 9.78 Å². The molecule has 8 nitrogen and oxygen atoms in total. The summed E-state index contributed by atoms with van der Waals surface area (Å²) in [4.78, 5) is 32.6. The number of alkyl carbamates (subject to hydrolysis) is 1. The predicted molar refractivity (Wildman–Crippen MR) is 165 cm³/mol. The molecule has 1 amide bonds. The number of hydrogen-bond donors (Lipinski definition) is 1. The van der Waals surface area contributed by atoms with Crippen LogP contribution in [-0.4, -0.2) is 42.2 Å². The van der Waals surface area contributed by atoms with E-state index in [-0.39, 0.29) is 12.4 Å². The van der Waals surface area contributed by atoms with Crippen molar-refractivity contribution in [3.63, 3.8) is 0 Å². The van der Waals surface area contributed by atoms with Gasteiger partial charge in [0.05, 0.1) is 58.3 Å². The third-order valence-electron chi connectivity index (χ3n) is 6.12. The summed E-state index contributed by atoms with van der Waals surface area (Å²) in [7, 11) is 2.95. The van der Waals surface area contributed by atoms with Gasteiger partial charge in [-0.1, -0.05) is 59.1 Å². The molecule has 0 unspecified atom stereocenters. The Labute approximate surface area is 258 Å². The van der Waals surface area contributed by atoms with E-state index in [2.05, 4.69) is 15.3 Å². The number of pyridine rings is 2. The van der Waals surface area contributed by atoms with Crippen molar-refractivity contribution in [1.82, 2.24) is 15.3 Å². The molecule has 4 aromatic rings. The van der Waals surface area contributed by atoms with Crippen LogP contribution in [0.2, 0.25) is 15.1 Å². The number of carbonyl (C=O) groups excluding carboxylic acids is 2. The molecule has 0 aliphatic carbocycles. The average molecular weight is 629 g/mol. The van der Waals surface area contributed by atoms with Crippen molar-refractivity contribution in [2.75, 3.05) is 14.2 Å². The molecule has 0 atom stereocenters. The van der Waals surface area contributed by atoms with Gasteiger partial charge in [0.2, 0.25) is 5.88 Å². The molecule has 0 spiro atoms. The number of amides is 1. The zero-order chi connectivity index (χ0) is 30.6. The topological polar surface area (TPSA) is 99.6 Å². The molecule has 0 aliphatic heterocycles. The van der Waals surface area contributed by atoms with E-state index in [4.69, 9.17) is 49.0 Å². The summed E-state index contributed by atoms with van der Waals surface area (Å²) in [6.07, 6.45) is 1.76. The number of nitrogens with zero attached hydrogens (tertiary/aromatic N) is 2. The monoisotopic (exact) mass is 627 g/mol. The Bertz CT molecular complexity index is 1650. The second kappa shape index (κ2) is 13.0. The fraction of sp³-hybridized carbons (Fsp3) is 0.226. The SMILES string of the molecule is COc1cc(-c2nccc(-c3cccc(-c4cc(Cl)c(CNC(=O)OC(C)(C)C)c(OC)n4)c3Cl)c2Cl)ccc1C=O. The predicted octanol–water partition coefficient (Wildman–Crippen LogP) is 8.29. The first-order chi connectivity index (χ1) is 20.0. The first kappa shape index (κ1) is 31.1. The van der Waals surface area contributed by atoms with Crippen LogP contribution in [0.5, 0.6) is 11.6 Å². The van der Waals surface area contributed by atoms with Crippen LogP contribution in [0.4, 0.5) is 4.79 Å². The van der Waals surface area contributed by atoms with Gasteiger partial charge in [0.25, 0.3) is 0 Å². The third kappa shape index (κ3) is 6.78. The van der Waals surface area contributed by atoms with Gasteiger partial charge in [-0.05, 0) is 45.0 Å². The third-order valence-corrected chi connectivity index (χ3v) is 7.25. The molecule has 4 rings (SSSR count). The quantitative estimate of drug-likeness (QED) is 0.196. The molecule has 0 aliphatic rings. The van der Waals surface area contributed by atoms with Crippen molar-refractivity contribution < 1.29 is 23.8 Å². The van der Waals surface area contributed by atoms with Gasteiger partial charge in [0, 0.05) is 28.5 Å². The summed E-state index contributed by atoms with van der Waals surface area (Å²) >= 11 is 20.5. The van der Waals surface area contributed by atoms with Crippen LogP contribution in [0.15, 0.2) is 54.7 Å². The summed E-state index contributed by atoms with van der Waals surface area (Å²) in [5, 5.41) is 3.75. The molecular weight excluding hydrogens is 601 g/mol. The molecule has 218 valence electrons. The highest BCUT2D eigenvalue weighted by Crippen LogP contribution is 2.42. The number of carbonyl (C=O) groups is 2. The molecule has 1 N–H and O–H groups in total. The van der Waals surface area contributed by atoms with Crippen molar-refractivity contribution in [1.29, 1.82) is 0 Å². The zero-order valence-corrected chi connectivity index (χ0v) is 25.8. The maximum absolute atomic E-state index is 12.2. The van der Waals surface area contributed by atoms with Crippen molar-refractivity contribution in [2.24, 2.45) is 0 Å². The summed E-state index contributed by atoms with van der Waals surface area (Å²) in [5.41, 5.74) is 3.76. The normalized spacial score (nSPS) is 11.1. The fourth-order valence-corrected chi connectivity index (χ4v) is 5.10. The number of benzene rings is 2. The van der Waals surface area contributed by atoms with E-state index in [1.165, 1.54) is 14.2 Å².